The highest BCUT2D eigenvalue weighted by atomic mass is 32.1. The van der Waals surface area contributed by atoms with Crippen molar-refractivity contribution in [1.82, 2.24) is 24.9 Å². The fourth-order valence-corrected chi connectivity index (χ4v) is 3.06. The Labute approximate surface area is 136 Å². The molecular weight excluding hydrogens is 320 g/mol. The molecule has 2 aromatic rings. The van der Waals surface area contributed by atoms with Gasteiger partial charge >= 0.3 is 5.97 Å². The van der Waals surface area contributed by atoms with Crippen molar-refractivity contribution in [2.45, 2.75) is 25.9 Å². The van der Waals surface area contributed by atoms with Crippen LogP contribution in [-0.2, 0) is 29.0 Å². The lowest BCUT2D eigenvalue weighted by Gasteiger charge is -2.19. The molecule has 0 spiro atoms. The molecule has 1 aliphatic heterocycles. The normalized spacial score (nSPS) is 14.2. The Kier molecular flexibility index (Phi) is 4.24. The molecule has 0 unspecified atom stereocenters. The number of fused-ring (bicyclic) bond motifs is 1. The molecule has 10 heteroatoms. The zero-order valence-electron chi connectivity index (χ0n) is 12.6. The minimum atomic E-state index is -0.479. The van der Waals surface area contributed by atoms with Crippen LogP contribution in [0.15, 0.2) is 6.07 Å². The summed E-state index contributed by atoms with van der Waals surface area (Å²) in [7, 11) is 1.32. The molecule has 0 saturated heterocycles. The van der Waals surface area contributed by atoms with Crippen LogP contribution < -0.4 is 5.73 Å². The third kappa shape index (κ3) is 3.31. The van der Waals surface area contributed by atoms with E-state index in [-0.39, 0.29) is 18.0 Å². The van der Waals surface area contributed by atoms with Crippen molar-refractivity contribution in [2.24, 2.45) is 0 Å². The van der Waals surface area contributed by atoms with Crippen molar-refractivity contribution in [3.63, 3.8) is 0 Å². The van der Waals surface area contributed by atoms with Crippen molar-refractivity contribution in [3.8, 4) is 0 Å². The Bertz CT molecular complexity index is 740. The van der Waals surface area contributed by atoms with Crippen LogP contribution in [0.2, 0.25) is 0 Å². The van der Waals surface area contributed by atoms with Gasteiger partial charge in [0.25, 0.3) is 0 Å². The van der Waals surface area contributed by atoms with Gasteiger partial charge in [-0.15, -0.1) is 10.2 Å². The Balaban J connectivity index is 1.73. The summed E-state index contributed by atoms with van der Waals surface area (Å²) in [5.41, 5.74) is 6.60. The molecule has 2 aromatic heterocycles. The maximum atomic E-state index is 12.4. The van der Waals surface area contributed by atoms with Gasteiger partial charge in [-0.2, -0.15) is 5.10 Å². The van der Waals surface area contributed by atoms with Gasteiger partial charge in [-0.3, -0.25) is 9.48 Å². The SMILES string of the molecule is COC(=O)c1cc2n(n1)CCCN(C(=O)Cc1nnc(N)s1)C2. The number of carbonyl (C=O) groups is 2. The number of amides is 1. The van der Waals surface area contributed by atoms with Gasteiger partial charge in [0.1, 0.15) is 5.01 Å². The van der Waals surface area contributed by atoms with Gasteiger partial charge in [-0.05, 0) is 12.5 Å². The number of anilines is 1. The van der Waals surface area contributed by atoms with Crippen molar-refractivity contribution in [1.29, 1.82) is 0 Å². The lowest BCUT2D eigenvalue weighted by molar-refractivity contribution is -0.131. The molecule has 1 amide bonds. The van der Waals surface area contributed by atoms with Gasteiger partial charge in [-0.1, -0.05) is 11.3 Å². The molecule has 0 saturated carbocycles. The first-order valence-electron chi connectivity index (χ1n) is 7.07. The quantitative estimate of drug-likeness (QED) is 0.789. The molecule has 0 aliphatic carbocycles. The Morgan fingerprint density at radius 2 is 2.22 bits per heavy atom. The number of hydrogen-bond donors (Lipinski definition) is 1. The fraction of sp³-hybridized carbons (Fsp3) is 0.462. The third-order valence-electron chi connectivity index (χ3n) is 3.55. The number of carbonyl (C=O) groups excluding carboxylic acids is 2. The van der Waals surface area contributed by atoms with Gasteiger partial charge in [0, 0.05) is 13.1 Å². The molecule has 0 aromatic carbocycles. The van der Waals surface area contributed by atoms with Gasteiger partial charge in [0.15, 0.2) is 5.69 Å². The second kappa shape index (κ2) is 6.32. The van der Waals surface area contributed by atoms with Crippen molar-refractivity contribution < 1.29 is 14.3 Å². The van der Waals surface area contributed by atoms with E-state index in [9.17, 15) is 9.59 Å². The van der Waals surface area contributed by atoms with E-state index in [0.29, 0.717) is 29.8 Å². The van der Waals surface area contributed by atoms with Gasteiger partial charge < -0.3 is 15.4 Å². The van der Waals surface area contributed by atoms with Crippen LogP contribution in [0.5, 0.6) is 0 Å². The number of rotatable bonds is 3. The van der Waals surface area contributed by atoms with E-state index < -0.39 is 5.97 Å². The highest BCUT2D eigenvalue weighted by Crippen LogP contribution is 2.17. The number of esters is 1. The van der Waals surface area contributed by atoms with Crippen molar-refractivity contribution in [2.75, 3.05) is 19.4 Å². The molecule has 122 valence electrons. The van der Waals surface area contributed by atoms with E-state index in [0.717, 1.165) is 12.1 Å². The molecule has 3 heterocycles. The van der Waals surface area contributed by atoms with E-state index >= 15 is 0 Å². The minimum Gasteiger partial charge on any atom is -0.464 e. The Morgan fingerprint density at radius 1 is 1.39 bits per heavy atom. The number of aryl methyl sites for hydroxylation is 1. The summed E-state index contributed by atoms with van der Waals surface area (Å²) in [6.07, 6.45) is 0.937. The molecular formula is C13H16N6O3S. The Morgan fingerprint density at radius 3 is 2.91 bits per heavy atom. The van der Waals surface area contributed by atoms with Crippen molar-refractivity contribution in [3.05, 3.63) is 22.5 Å². The Hall–Kier alpha value is -2.49. The lowest BCUT2D eigenvalue weighted by atomic mass is 10.3. The van der Waals surface area contributed by atoms with Crippen LogP contribution in [0.1, 0.15) is 27.6 Å². The monoisotopic (exact) mass is 336 g/mol. The number of methoxy groups -OCH3 is 1. The fourth-order valence-electron chi connectivity index (χ4n) is 2.46. The third-order valence-corrected chi connectivity index (χ3v) is 4.30. The van der Waals surface area contributed by atoms with Crippen LogP contribution in [0.3, 0.4) is 0 Å². The average molecular weight is 336 g/mol. The smallest absolute Gasteiger partial charge is 0.358 e. The van der Waals surface area contributed by atoms with E-state index in [1.165, 1.54) is 18.4 Å². The first-order chi connectivity index (χ1) is 11.1. The number of aromatic nitrogens is 4. The van der Waals surface area contributed by atoms with Crippen LogP contribution in [-0.4, -0.2) is 50.4 Å². The summed E-state index contributed by atoms with van der Waals surface area (Å²) in [6, 6.07) is 1.67. The first kappa shape index (κ1) is 15.4. The van der Waals surface area contributed by atoms with Crippen LogP contribution in [0.4, 0.5) is 5.13 Å². The maximum Gasteiger partial charge on any atom is 0.358 e. The van der Waals surface area contributed by atoms with E-state index in [2.05, 4.69) is 20.0 Å². The maximum absolute atomic E-state index is 12.4. The topological polar surface area (TPSA) is 116 Å². The lowest BCUT2D eigenvalue weighted by Crippen LogP contribution is -2.32. The number of nitrogens with zero attached hydrogens (tertiary/aromatic N) is 5. The number of hydrogen-bond acceptors (Lipinski definition) is 8. The number of nitrogen functional groups attached to an aromatic ring is 1. The van der Waals surface area contributed by atoms with Crippen LogP contribution >= 0.6 is 11.3 Å². The zero-order chi connectivity index (χ0) is 16.4. The summed E-state index contributed by atoms with van der Waals surface area (Å²) < 4.78 is 6.43. The predicted molar refractivity (Wildman–Crippen MR) is 81.6 cm³/mol. The van der Waals surface area contributed by atoms with Gasteiger partial charge in [0.05, 0.1) is 25.8 Å². The van der Waals surface area contributed by atoms with Crippen LogP contribution in [0.25, 0.3) is 0 Å². The van der Waals surface area contributed by atoms with Gasteiger partial charge in [-0.25, -0.2) is 4.79 Å². The van der Waals surface area contributed by atoms with Crippen molar-refractivity contribution >= 4 is 28.3 Å². The zero-order valence-corrected chi connectivity index (χ0v) is 13.4. The molecule has 0 bridgehead atoms. The van der Waals surface area contributed by atoms with Gasteiger partial charge in [0.2, 0.25) is 11.0 Å². The molecule has 3 rings (SSSR count). The molecule has 23 heavy (non-hydrogen) atoms. The molecule has 0 fully saturated rings. The molecule has 9 nitrogen and oxygen atoms in total. The highest BCUT2D eigenvalue weighted by molar-refractivity contribution is 7.15. The second-order valence-electron chi connectivity index (χ2n) is 5.12. The minimum absolute atomic E-state index is 0.0459. The summed E-state index contributed by atoms with van der Waals surface area (Å²) >= 11 is 1.21. The summed E-state index contributed by atoms with van der Waals surface area (Å²) in [6.45, 7) is 1.68. The summed E-state index contributed by atoms with van der Waals surface area (Å²) in [5.74, 6) is -0.525. The summed E-state index contributed by atoms with van der Waals surface area (Å²) in [5, 5.41) is 12.8. The van der Waals surface area contributed by atoms with Crippen LogP contribution in [0, 0.1) is 0 Å². The molecule has 0 radical (unpaired) electrons. The highest BCUT2D eigenvalue weighted by Gasteiger charge is 2.23. The number of ether oxygens (including phenoxy) is 1. The largest absolute Gasteiger partial charge is 0.464 e. The predicted octanol–water partition coefficient (Wildman–Crippen LogP) is 0.0784. The van der Waals surface area contributed by atoms with E-state index in [4.69, 9.17) is 5.73 Å². The molecule has 1 aliphatic rings. The average Bonchev–Trinajstić information content (AvgIpc) is 3.07. The number of nitrogens with two attached hydrogens (primary N) is 1. The standard InChI is InChI=1S/C13H16N6O3S/c1-22-12(21)9-5-8-7-18(3-2-4-19(8)17-9)11(20)6-10-15-16-13(14)23-10/h5H,2-4,6-7H2,1H3,(H2,14,16). The summed E-state index contributed by atoms with van der Waals surface area (Å²) in [4.78, 5) is 25.7. The molecule has 0 atom stereocenters. The van der Waals surface area contributed by atoms with E-state index in [1.807, 2.05) is 0 Å². The second-order valence-corrected chi connectivity index (χ2v) is 6.21. The molecule has 2 N–H and O–H groups in total. The first-order valence-corrected chi connectivity index (χ1v) is 7.89. The van der Waals surface area contributed by atoms with E-state index in [1.54, 1.807) is 15.6 Å².